The van der Waals surface area contributed by atoms with Gasteiger partial charge in [0.1, 0.15) is 10.8 Å². The Labute approximate surface area is 160 Å². The van der Waals surface area contributed by atoms with Gasteiger partial charge >= 0.3 is 11.0 Å². The second-order valence-corrected chi connectivity index (χ2v) is 7.14. The van der Waals surface area contributed by atoms with E-state index in [2.05, 4.69) is 9.97 Å². The first-order valence-corrected chi connectivity index (χ1v) is 8.74. The summed E-state index contributed by atoms with van der Waals surface area (Å²) in [5.74, 6) is 0.0423. The average Bonchev–Trinajstić information content (AvgIpc) is 2.88. The Morgan fingerprint density at radius 1 is 1.33 bits per heavy atom. The van der Waals surface area contributed by atoms with Gasteiger partial charge in [-0.25, -0.2) is 4.98 Å². The summed E-state index contributed by atoms with van der Waals surface area (Å²) in [7, 11) is 0. The van der Waals surface area contributed by atoms with E-state index < -0.39 is 11.7 Å². The number of aromatic nitrogens is 2. The molecule has 2 aromatic heterocycles. The van der Waals surface area contributed by atoms with Crippen LogP contribution in [-0.2, 0) is 12.6 Å². The molecule has 5 nitrogen and oxygen atoms in total. The monoisotopic (exact) mass is 416 g/mol. The Morgan fingerprint density at radius 2 is 2.07 bits per heavy atom. The molecule has 0 saturated carbocycles. The fourth-order valence-corrected chi connectivity index (χ4v) is 3.29. The Kier molecular flexibility index (Phi) is 5.16. The predicted octanol–water partition coefficient (Wildman–Crippen LogP) is 4.90. The summed E-state index contributed by atoms with van der Waals surface area (Å²) in [6, 6.07) is 5.75. The highest BCUT2D eigenvalue weighted by atomic mass is 35.5. The van der Waals surface area contributed by atoms with E-state index in [1.54, 1.807) is 25.1 Å². The van der Waals surface area contributed by atoms with Crippen molar-refractivity contribution in [1.29, 1.82) is 0 Å². The fraction of sp³-hybridized carbons (Fsp3) is 0.176. The number of hydrogen-bond acceptors (Lipinski definition) is 5. The van der Waals surface area contributed by atoms with Crippen molar-refractivity contribution in [2.75, 3.05) is 0 Å². The van der Waals surface area contributed by atoms with Crippen molar-refractivity contribution in [2.45, 2.75) is 19.5 Å². The number of ether oxygens (including phenoxy) is 1. The number of nitrogens with one attached hydrogen (secondary N) is 1. The van der Waals surface area contributed by atoms with Crippen LogP contribution in [0, 0.1) is 6.92 Å². The maximum atomic E-state index is 12.7. The number of nitrogens with zero attached hydrogens (tertiary/aromatic N) is 1. The first-order chi connectivity index (χ1) is 12.6. The van der Waals surface area contributed by atoms with E-state index in [-0.39, 0.29) is 21.7 Å². The van der Waals surface area contributed by atoms with Gasteiger partial charge in [-0.05, 0) is 36.2 Å². The predicted molar refractivity (Wildman–Crippen MR) is 94.9 cm³/mol. The van der Waals surface area contributed by atoms with Gasteiger partial charge in [0, 0.05) is 12.6 Å². The van der Waals surface area contributed by atoms with Crippen molar-refractivity contribution in [2.24, 2.45) is 0 Å². The molecule has 0 radical (unpaired) electrons. The summed E-state index contributed by atoms with van der Waals surface area (Å²) in [5.41, 5.74) is 0.687. The van der Waals surface area contributed by atoms with Crippen LogP contribution in [0.4, 0.5) is 13.2 Å². The standard InChI is InChI=1S/C17H12ClF3N2O3S/c1-8-4-11(3-2-9(8)5-13-14(24)23-16(25)27-13)26-15-12(18)6-10(7-22-15)17(19,20)21/h2-4,6-7,24H,5H2,1H3,(H,23,25). The quantitative estimate of drug-likeness (QED) is 0.634. The number of aromatic amines is 1. The van der Waals surface area contributed by atoms with Crippen molar-refractivity contribution >= 4 is 22.9 Å². The minimum atomic E-state index is -4.54. The molecule has 0 aliphatic carbocycles. The minimum absolute atomic E-state index is 0.140. The number of hydrogen-bond donors (Lipinski definition) is 2. The summed E-state index contributed by atoms with van der Waals surface area (Å²) in [6.45, 7) is 1.80. The molecule has 0 unspecified atom stereocenters. The molecule has 0 bridgehead atoms. The number of halogens is 4. The minimum Gasteiger partial charge on any atom is -0.494 e. The maximum absolute atomic E-state index is 12.7. The normalized spacial score (nSPS) is 11.6. The molecular weight excluding hydrogens is 405 g/mol. The highest BCUT2D eigenvalue weighted by Crippen LogP contribution is 2.35. The molecule has 0 saturated heterocycles. The molecule has 2 N–H and O–H groups in total. The molecule has 2 heterocycles. The van der Waals surface area contributed by atoms with Crippen molar-refractivity contribution in [3.05, 3.63) is 66.7 Å². The van der Waals surface area contributed by atoms with E-state index >= 15 is 0 Å². The number of rotatable bonds is 4. The van der Waals surface area contributed by atoms with Crippen LogP contribution >= 0.6 is 22.9 Å². The third-order valence-electron chi connectivity index (χ3n) is 3.71. The smallest absolute Gasteiger partial charge is 0.417 e. The van der Waals surface area contributed by atoms with Gasteiger partial charge in [0.2, 0.25) is 11.8 Å². The number of H-pyrrole nitrogens is 1. The van der Waals surface area contributed by atoms with Crippen LogP contribution in [0.15, 0.2) is 35.3 Å². The molecule has 3 rings (SSSR count). The van der Waals surface area contributed by atoms with Gasteiger partial charge in [0.05, 0.1) is 10.4 Å². The van der Waals surface area contributed by atoms with E-state index in [1.165, 1.54) is 0 Å². The second-order valence-electron chi connectivity index (χ2n) is 5.66. The van der Waals surface area contributed by atoms with Crippen LogP contribution in [-0.4, -0.2) is 15.1 Å². The lowest BCUT2D eigenvalue weighted by molar-refractivity contribution is -0.137. The topological polar surface area (TPSA) is 75.2 Å². The zero-order chi connectivity index (χ0) is 19.8. The number of aromatic hydroxyl groups is 1. The van der Waals surface area contributed by atoms with Crippen molar-refractivity contribution in [1.82, 2.24) is 9.97 Å². The molecule has 0 atom stereocenters. The van der Waals surface area contributed by atoms with Gasteiger partial charge in [0.25, 0.3) is 0 Å². The zero-order valence-corrected chi connectivity index (χ0v) is 15.3. The average molecular weight is 417 g/mol. The number of thiazole rings is 1. The summed E-state index contributed by atoms with van der Waals surface area (Å²) in [5, 5.41) is 9.41. The summed E-state index contributed by atoms with van der Waals surface area (Å²) < 4.78 is 43.4. The Bertz CT molecular complexity index is 1050. The molecular formula is C17H12ClF3N2O3S. The number of aryl methyl sites for hydroxylation is 1. The highest BCUT2D eigenvalue weighted by molar-refractivity contribution is 7.09. The van der Waals surface area contributed by atoms with Crippen LogP contribution in [0.3, 0.4) is 0 Å². The van der Waals surface area contributed by atoms with E-state index in [0.717, 1.165) is 28.5 Å². The molecule has 0 aliphatic rings. The molecule has 27 heavy (non-hydrogen) atoms. The molecule has 0 fully saturated rings. The fourth-order valence-electron chi connectivity index (χ4n) is 2.34. The first kappa shape index (κ1) is 19.2. The van der Waals surface area contributed by atoms with E-state index in [4.69, 9.17) is 16.3 Å². The van der Waals surface area contributed by atoms with Crippen LogP contribution in [0.5, 0.6) is 17.5 Å². The molecule has 0 aliphatic heterocycles. The lowest BCUT2D eigenvalue weighted by atomic mass is 10.0. The third kappa shape index (κ3) is 4.42. The number of pyridine rings is 1. The van der Waals surface area contributed by atoms with Crippen LogP contribution in [0.25, 0.3) is 0 Å². The first-order valence-electron chi connectivity index (χ1n) is 7.54. The number of benzene rings is 1. The van der Waals surface area contributed by atoms with Crippen molar-refractivity contribution in [3.63, 3.8) is 0 Å². The maximum Gasteiger partial charge on any atom is 0.417 e. The molecule has 3 aromatic rings. The third-order valence-corrected chi connectivity index (χ3v) is 4.86. The molecule has 142 valence electrons. The molecule has 0 spiro atoms. The molecule has 1 aromatic carbocycles. The SMILES string of the molecule is Cc1cc(Oc2ncc(C(F)(F)F)cc2Cl)ccc1Cc1sc(=O)[nH]c1O. The largest absolute Gasteiger partial charge is 0.494 e. The van der Waals surface area contributed by atoms with Crippen LogP contribution < -0.4 is 9.61 Å². The summed E-state index contributed by atoms with van der Waals surface area (Å²) >= 11 is 6.75. The van der Waals surface area contributed by atoms with Crippen molar-refractivity contribution in [3.8, 4) is 17.5 Å². The van der Waals surface area contributed by atoms with E-state index in [1.807, 2.05) is 0 Å². The van der Waals surface area contributed by atoms with Gasteiger partial charge in [0.15, 0.2) is 0 Å². The Hall–Kier alpha value is -2.52. The van der Waals surface area contributed by atoms with Crippen LogP contribution in [0.2, 0.25) is 5.02 Å². The van der Waals surface area contributed by atoms with Gasteiger partial charge in [-0.1, -0.05) is 29.0 Å². The van der Waals surface area contributed by atoms with E-state index in [0.29, 0.717) is 23.2 Å². The van der Waals surface area contributed by atoms with E-state index in [9.17, 15) is 23.1 Å². The molecule has 10 heteroatoms. The van der Waals surface area contributed by atoms with Crippen LogP contribution in [0.1, 0.15) is 21.6 Å². The summed E-state index contributed by atoms with van der Waals surface area (Å²) in [6.07, 6.45) is -3.54. The Morgan fingerprint density at radius 3 is 2.63 bits per heavy atom. The lowest BCUT2D eigenvalue weighted by Crippen LogP contribution is -2.05. The Balaban J connectivity index is 1.80. The van der Waals surface area contributed by atoms with Gasteiger partial charge in [-0.2, -0.15) is 13.2 Å². The van der Waals surface area contributed by atoms with Gasteiger partial charge in [-0.15, -0.1) is 0 Å². The van der Waals surface area contributed by atoms with Crippen molar-refractivity contribution < 1.29 is 23.0 Å². The van der Waals surface area contributed by atoms with Gasteiger partial charge in [-0.3, -0.25) is 9.78 Å². The highest BCUT2D eigenvalue weighted by Gasteiger charge is 2.31. The zero-order valence-electron chi connectivity index (χ0n) is 13.7. The number of alkyl halides is 3. The summed E-state index contributed by atoms with van der Waals surface area (Å²) in [4.78, 5) is 17.3. The second kappa shape index (κ2) is 7.24. The molecule has 0 amide bonds. The lowest BCUT2D eigenvalue weighted by Gasteiger charge is -2.11. The van der Waals surface area contributed by atoms with Gasteiger partial charge < -0.3 is 9.84 Å².